The van der Waals surface area contributed by atoms with Crippen molar-refractivity contribution in [1.29, 1.82) is 0 Å². The summed E-state index contributed by atoms with van der Waals surface area (Å²) in [5.41, 5.74) is 2.40. The molecular weight excluding hydrogens is 412 g/mol. The molecule has 2 rings (SSSR count). The lowest BCUT2D eigenvalue weighted by molar-refractivity contribution is -0.119. The molecule has 0 saturated carbocycles. The van der Waals surface area contributed by atoms with Gasteiger partial charge in [0.25, 0.3) is 0 Å². The summed E-state index contributed by atoms with van der Waals surface area (Å²) >= 11 is 0. The van der Waals surface area contributed by atoms with Crippen LogP contribution in [-0.2, 0) is 21.4 Å². The van der Waals surface area contributed by atoms with Crippen molar-refractivity contribution in [2.45, 2.75) is 45.1 Å². The summed E-state index contributed by atoms with van der Waals surface area (Å²) in [6, 6.07) is 14.7. The van der Waals surface area contributed by atoms with Crippen LogP contribution in [-0.4, -0.2) is 44.8 Å². The zero-order chi connectivity index (χ0) is 22.7. The highest BCUT2D eigenvalue weighted by molar-refractivity contribution is 7.89. The molecule has 2 aromatic carbocycles. The van der Waals surface area contributed by atoms with Crippen LogP contribution in [0.3, 0.4) is 0 Å². The van der Waals surface area contributed by atoms with E-state index in [-0.39, 0.29) is 17.3 Å². The monoisotopic (exact) mass is 446 g/mol. The van der Waals surface area contributed by atoms with Gasteiger partial charge in [0.2, 0.25) is 15.9 Å². The van der Waals surface area contributed by atoms with E-state index in [2.05, 4.69) is 22.9 Å². The van der Waals surface area contributed by atoms with Gasteiger partial charge < -0.3 is 16.0 Å². The van der Waals surface area contributed by atoms with Gasteiger partial charge >= 0.3 is 0 Å². The second-order valence-corrected chi connectivity index (χ2v) is 9.13. The number of carbonyl (C=O) groups is 1. The van der Waals surface area contributed by atoms with Crippen molar-refractivity contribution in [3.8, 4) is 0 Å². The van der Waals surface area contributed by atoms with Gasteiger partial charge in [-0.15, -0.1) is 0 Å². The minimum atomic E-state index is -3.59. The first-order chi connectivity index (χ1) is 14.9. The first-order valence-electron chi connectivity index (χ1n) is 10.8. The number of amides is 1. The number of unbranched alkanes of at least 4 members (excludes halogenated alkanes) is 1. The molecule has 1 amide bonds. The average Bonchev–Trinajstić information content (AvgIpc) is 2.78. The van der Waals surface area contributed by atoms with Crippen molar-refractivity contribution in [2.24, 2.45) is 0 Å². The third kappa shape index (κ3) is 7.25. The Hall–Kier alpha value is -2.58. The predicted molar refractivity (Wildman–Crippen MR) is 127 cm³/mol. The molecule has 0 radical (unpaired) electrons. The molecule has 170 valence electrons. The minimum absolute atomic E-state index is 0.0457. The Morgan fingerprint density at radius 3 is 2.29 bits per heavy atom. The normalized spacial score (nSPS) is 11.4. The molecule has 0 spiro atoms. The molecule has 0 aliphatic carbocycles. The Morgan fingerprint density at radius 2 is 1.65 bits per heavy atom. The number of nitrogens with one attached hydrogen (secondary N) is 3. The number of benzene rings is 2. The number of carbonyl (C=O) groups excluding carboxylic acids is 1. The van der Waals surface area contributed by atoms with E-state index in [0.29, 0.717) is 25.3 Å². The third-order valence-electron chi connectivity index (χ3n) is 4.95. The second-order valence-electron chi connectivity index (χ2n) is 7.19. The lowest BCUT2D eigenvalue weighted by Gasteiger charge is -2.20. The molecule has 0 unspecified atom stereocenters. The van der Waals surface area contributed by atoms with Crippen molar-refractivity contribution in [3.63, 3.8) is 0 Å². The van der Waals surface area contributed by atoms with Gasteiger partial charge in [-0.3, -0.25) is 4.79 Å². The van der Waals surface area contributed by atoms with Crippen LogP contribution in [0.4, 0.5) is 11.4 Å². The molecule has 0 atom stereocenters. The van der Waals surface area contributed by atoms with Crippen LogP contribution in [0.5, 0.6) is 0 Å². The molecule has 0 heterocycles. The summed E-state index contributed by atoms with van der Waals surface area (Å²) in [4.78, 5) is 12.5. The van der Waals surface area contributed by atoms with E-state index in [9.17, 15) is 13.2 Å². The molecular formula is C23H34N4O3S. The van der Waals surface area contributed by atoms with Crippen molar-refractivity contribution < 1.29 is 13.2 Å². The van der Waals surface area contributed by atoms with Gasteiger partial charge in [0.05, 0.1) is 22.8 Å². The maximum atomic E-state index is 12.9. The Bertz CT molecular complexity index is 929. The molecule has 31 heavy (non-hydrogen) atoms. The Balaban J connectivity index is 2.14. The summed E-state index contributed by atoms with van der Waals surface area (Å²) in [5, 5.41) is 9.31. The first kappa shape index (κ1) is 24.7. The molecule has 0 bridgehead atoms. The second kappa shape index (κ2) is 12.3. The fourth-order valence-corrected chi connectivity index (χ4v) is 4.62. The predicted octanol–water partition coefficient (Wildman–Crippen LogP) is 3.66. The molecule has 0 aliphatic heterocycles. The van der Waals surface area contributed by atoms with Gasteiger partial charge in [-0.2, -0.15) is 4.31 Å². The molecule has 0 saturated heterocycles. The van der Waals surface area contributed by atoms with Crippen LogP contribution >= 0.6 is 0 Å². The number of anilines is 2. The van der Waals surface area contributed by atoms with E-state index in [1.165, 1.54) is 4.31 Å². The van der Waals surface area contributed by atoms with E-state index in [1.54, 1.807) is 18.2 Å². The zero-order valence-electron chi connectivity index (χ0n) is 18.6. The summed E-state index contributed by atoms with van der Waals surface area (Å²) in [6.07, 6.45) is 2.04. The molecule has 8 heteroatoms. The third-order valence-corrected chi connectivity index (χ3v) is 7.00. The standard InChI is InChI=1S/C23H34N4O3S/c1-4-7-15-24-21-14-13-20(31(29,30)27(5-2)6-3)16-22(21)25-18-23(28)26-17-19-11-9-8-10-12-19/h8-14,16,24-25H,4-7,15,17-18H2,1-3H3,(H,26,28). The highest BCUT2D eigenvalue weighted by Crippen LogP contribution is 2.27. The van der Waals surface area contributed by atoms with Crippen molar-refractivity contribution in [1.82, 2.24) is 9.62 Å². The number of sulfonamides is 1. The highest BCUT2D eigenvalue weighted by Gasteiger charge is 2.22. The first-order valence-corrected chi connectivity index (χ1v) is 12.3. The van der Waals surface area contributed by atoms with Gasteiger partial charge in [-0.25, -0.2) is 8.42 Å². The van der Waals surface area contributed by atoms with Gasteiger partial charge in [0.1, 0.15) is 0 Å². The summed E-state index contributed by atoms with van der Waals surface area (Å²) in [6.45, 7) is 7.81. The maximum Gasteiger partial charge on any atom is 0.243 e. The Kier molecular flexibility index (Phi) is 9.81. The molecule has 0 aliphatic rings. The highest BCUT2D eigenvalue weighted by atomic mass is 32.2. The topological polar surface area (TPSA) is 90.5 Å². The lowest BCUT2D eigenvalue weighted by atomic mass is 10.2. The quantitative estimate of drug-likeness (QED) is 0.409. The fourth-order valence-electron chi connectivity index (χ4n) is 3.13. The van der Waals surface area contributed by atoms with E-state index in [1.807, 2.05) is 44.2 Å². The lowest BCUT2D eigenvalue weighted by Crippen LogP contribution is -2.31. The number of rotatable bonds is 13. The van der Waals surface area contributed by atoms with Gasteiger partial charge in [0, 0.05) is 26.2 Å². The van der Waals surface area contributed by atoms with Gasteiger partial charge in [0.15, 0.2) is 0 Å². The number of hydrogen-bond donors (Lipinski definition) is 3. The smallest absolute Gasteiger partial charge is 0.243 e. The minimum Gasteiger partial charge on any atom is -0.383 e. The average molecular weight is 447 g/mol. The Morgan fingerprint density at radius 1 is 0.935 bits per heavy atom. The summed E-state index contributed by atoms with van der Waals surface area (Å²) < 4.78 is 27.2. The molecule has 7 nitrogen and oxygen atoms in total. The van der Waals surface area contributed by atoms with Crippen LogP contribution in [0.2, 0.25) is 0 Å². The molecule has 3 N–H and O–H groups in total. The SMILES string of the molecule is CCCCNc1ccc(S(=O)(=O)N(CC)CC)cc1NCC(=O)NCc1ccccc1. The largest absolute Gasteiger partial charge is 0.383 e. The Labute approximate surface area is 186 Å². The molecule has 0 aromatic heterocycles. The van der Waals surface area contributed by atoms with E-state index in [4.69, 9.17) is 0 Å². The summed E-state index contributed by atoms with van der Waals surface area (Å²) in [7, 11) is -3.59. The maximum absolute atomic E-state index is 12.9. The van der Waals surface area contributed by atoms with Crippen molar-refractivity contribution >= 4 is 27.3 Å². The van der Waals surface area contributed by atoms with E-state index in [0.717, 1.165) is 30.6 Å². The van der Waals surface area contributed by atoms with E-state index >= 15 is 0 Å². The van der Waals surface area contributed by atoms with Gasteiger partial charge in [-0.1, -0.05) is 57.5 Å². The van der Waals surface area contributed by atoms with Crippen LogP contribution in [0.25, 0.3) is 0 Å². The van der Waals surface area contributed by atoms with Crippen molar-refractivity contribution in [3.05, 3.63) is 54.1 Å². The van der Waals surface area contributed by atoms with Gasteiger partial charge in [-0.05, 0) is 30.2 Å². The van der Waals surface area contributed by atoms with E-state index < -0.39 is 10.0 Å². The zero-order valence-corrected chi connectivity index (χ0v) is 19.5. The van der Waals surface area contributed by atoms with Crippen LogP contribution in [0, 0.1) is 0 Å². The summed E-state index contributed by atoms with van der Waals surface area (Å²) in [5.74, 6) is -0.166. The van der Waals surface area contributed by atoms with Crippen LogP contribution in [0.15, 0.2) is 53.4 Å². The van der Waals surface area contributed by atoms with Crippen molar-refractivity contribution in [2.75, 3.05) is 36.8 Å². The number of hydrogen-bond acceptors (Lipinski definition) is 5. The number of nitrogens with zero attached hydrogens (tertiary/aromatic N) is 1. The van der Waals surface area contributed by atoms with Crippen LogP contribution < -0.4 is 16.0 Å². The molecule has 2 aromatic rings. The van der Waals surface area contributed by atoms with Crippen LogP contribution in [0.1, 0.15) is 39.2 Å². The fraction of sp³-hybridized carbons (Fsp3) is 0.435. The molecule has 0 fully saturated rings.